The van der Waals surface area contributed by atoms with Crippen LogP contribution in [0.3, 0.4) is 0 Å². The van der Waals surface area contributed by atoms with Crippen molar-refractivity contribution in [1.82, 2.24) is 4.98 Å². The topological polar surface area (TPSA) is 60.2 Å². The van der Waals surface area contributed by atoms with E-state index >= 15 is 0 Å². The summed E-state index contributed by atoms with van der Waals surface area (Å²) >= 11 is 6.10. The monoisotopic (exact) mass is 291 g/mol. The highest BCUT2D eigenvalue weighted by Gasteiger charge is 2.05. The van der Waals surface area contributed by atoms with Gasteiger partial charge in [0, 0.05) is 10.7 Å². The number of benzene rings is 1. The smallest absolute Gasteiger partial charge is 0.239 e. The third-order valence-electron chi connectivity index (χ3n) is 2.78. The van der Waals surface area contributed by atoms with Crippen LogP contribution in [0.1, 0.15) is 18.9 Å². The van der Waals surface area contributed by atoms with E-state index in [1.165, 1.54) is 0 Å². The van der Waals surface area contributed by atoms with Gasteiger partial charge in [-0.2, -0.15) is 4.98 Å². The Kier molecular flexibility index (Phi) is 4.69. The molecule has 5 heteroatoms. The van der Waals surface area contributed by atoms with Gasteiger partial charge < -0.3 is 15.8 Å². The Morgan fingerprint density at radius 2 is 2.10 bits per heavy atom. The van der Waals surface area contributed by atoms with E-state index in [0.717, 1.165) is 17.7 Å². The molecule has 0 spiro atoms. The van der Waals surface area contributed by atoms with E-state index in [9.17, 15) is 0 Å². The minimum atomic E-state index is 0.454. The number of halogens is 1. The second-order valence-corrected chi connectivity index (χ2v) is 4.94. The number of hydrogen-bond acceptors (Lipinski definition) is 4. The fraction of sp³-hybridized carbons (Fsp3) is 0.267. The molecule has 20 heavy (non-hydrogen) atoms. The Labute approximate surface area is 123 Å². The number of anilines is 3. The van der Waals surface area contributed by atoms with Crippen LogP contribution in [0.25, 0.3) is 0 Å². The Bertz CT molecular complexity index is 602. The second kappa shape index (κ2) is 6.48. The summed E-state index contributed by atoms with van der Waals surface area (Å²) < 4.78 is 5.50. The highest BCUT2D eigenvalue weighted by Crippen LogP contribution is 2.25. The van der Waals surface area contributed by atoms with Crippen LogP contribution in [0.4, 0.5) is 17.2 Å². The van der Waals surface area contributed by atoms with E-state index in [1.807, 2.05) is 38.1 Å². The molecule has 0 saturated heterocycles. The van der Waals surface area contributed by atoms with Crippen LogP contribution in [0.5, 0.6) is 5.88 Å². The van der Waals surface area contributed by atoms with E-state index < -0.39 is 0 Å². The molecule has 0 bridgehead atoms. The number of pyridine rings is 1. The summed E-state index contributed by atoms with van der Waals surface area (Å²) in [5.41, 5.74) is 8.28. The third-order valence-corrected chi connectivity index (χ3v) is 3.18. The first-order valence-electron chi connectivity index (χ1n) is 6.52. The number of aryl methyl sites for hydroxylation is 1. The van der Waals surface area contributed by atoms with E-state index in [-0.39, 0.29) is 0 Å². The van der Waals surface area contributed by atoms with Crippen LogP contribution in [0, 0.1) is 6.92 Å². The van der Waals surface area contributed by atoms with Crippen molar-refractivity contribution in [3.63, 3.8) is 0 Å². The molecule has 1 heterocycles. The van der Waals surface area contributed by atoms with Gasteiger partial charge in [0.25, 0.3) is 0 Å². The first-order valence-corrected chi connectivity index (χ1v) is 6.90. The Hall–Kier alpha value is -1.94. The minimum absolute atomic E-state index is 0.454. The number of nitrogen functional groups attached to an aromatic ring is 1. The molecular formula is C15H18ClN3O. The molecule has 0 aliphatic rings. The van der Waals surface area contributed by atoms with Crippen LogP contribution in [-0.2, 0) is 0 Å². The van der Waals surface area contributed by atoms with Crippen LogP contribution in [-0.4, -0.2) is 11.6 Å². The molecule has 1 aromatic heterocycles. The van der Waals surface area contributed by atoms with Crippen molar-refractivity contribution in [2.24, 2.45) is 0 Å². The Balaban J connectivity index is 2.18. The van der Waals surface area contributed by atoms with Crippen molar-refractivity contribution in [2.45, 2.75) is 20.3 Å². The summed E-state index contributed by atoms with van der Waals surface area (Å²) in [5.74, 6) is 1.13. The zero-order chi connectivity index (χ0) is 14.5. The van der Waals surface area contributed by atoms with E-state index in [1.54, 1.807) is 6.07 Å². The summed E-state index contributed by atoms with van der Waals surface area (Å²) in [4.78, 5) is 4.36. The molecule has 0 fully saturated rings. The first kappa shape index (κ1) is 14.5. The van der Waals surface area contributed by atoms with Crippen LogP contribution in [0.2, 0.25) is 5.02 Å². The maximum Gasteiger partial charge on any atom is 0.239 e. The molecule has 0 saturated carbocycles. The zero-order valence-electron chi connectivity index (χ0n) is 11.6. The number of hydrogen-bond donors (Lipinski definition) is 2. The molecule has 0 aliphatic heterocycles. The van der Waals surface area contributed by atoms with Gasteiger partial charge in [-0.05, 0) is 43.2 Å². The first-order chi connectivity index (χ1) is 9.60. The molecular weight excluding hydrogens is 274 g/mol. The molecule has 2 aromatic rings. The lowest BCUT2D eigenvalue weighted by Gasteiger charge is -2.11. The van der Waals surface area contributed by atoms with Crippen molar-refractivity contribution in [3.8, 4) is 5.88 Å². The number of nitrogens with zero attached hydrogens (tertiary/aromatic N) is 1. The fourth-order valence-electron chi connectivity index (χ4n) is 1.65. The van der Waals surface area contributed by atoms with Gasteiger partial charge in [-0.15, -0.1) is 0 Å². The molecule has 0 unspecified atom stereocenters. The summed E-state index contributed by atoms with van der Waals surface area (Å²) in [6, 6.07) is 9.35. The van der Waals surface area contributed by atoms with Crippen molar-refractivity contribution in [1.29, 1.82) is 0 Å². The molecule has 0 amide bonds. The lowest BCUT2D eigenvalue weighted by atomic mass is 10.2. The number of ether oxygens (including phenoxy) is 1. The Morgan fingerprint density at radius 3 is 2.80 bits per heavy atom. The zero-order valence-corrected chi connectivity index (χ0v) is 12.4. The van der Waals surface area contributed by atoms with Gasteiger partial charge in [0.1, 0.15) is 5.82 Å². The lowest BCUT2D eigenvalue weighted by Crippen LogP contribution is -2.03. The SMILES string of the molecule is CCCOc1nc(Nc2ccc(C)c(Cl)c2)ccc1N. The molecule has 1 aromatic carbocycles. The van der Waals surface area contributed by atoms with E-state index in [0.29, 0.717) is 29.0 Å². The Morgan fingerprint density at radius 1 is 1.30 bits per heavy atom. The quantitative estimate of drug-likeness (QED) is 0.868. The normalized spacial score (nSPS) is 10.3. The fourth-order valence-corrected chi connectivity index (χ4v) is 1.83. The predicted octanol–water partition coefficient (Wildman–Crippen LogP) is 4.16. The molecule has 2 rings (SSSR count). The highest BCUT2D eigenvalue weighted by molar-refractivity contribution is 6.31. The van der Waals surface area contributed by atoms with Gasteiger partial charge in [0.15, 0.2) is 0 Å². The van der Waals surface area contributed by atoms with Crippen LogP contribution < -0.4 is 15.8 Å². The van der Waals surface area contributed by atoms with Crippen LogP contribution >= 0.6 is 11.6 Å². The molecule has 0 atom stereocenters. The largest absolute Gasteiger partial charge is 0.476 e. The number of rotatable bonds is 5. The predicted molar refractivity (Wildman–Crippen MR) is 83.9 cm³/mol. The van der Waals surface area contributed by atoms with E-state index in [2.05, 4.69) is 10.3 Å². The number of nitrogens with one attached hydrogen (secondary N) is 1. The number of aromatic nitrogens is 1. The van der Waals surface area contributed by atoms with Gasteiger partial charge in [-0.25, -0.2) is 0 Å². The minimum Gasteiger partial charge on any atom is -0.476 e. The average Bonchev–Trinajstić information content (AvgIpc) is 2.43. The highest BCUT2D eigenvalue weighted by atomic mass is 35.5. The van der Waals surface area contributed by atoms with Crippen LogP contribution in [0.15, 0.2) is 30.3 Å². The van der Waals surface area contributed by atoms with Gasteiger partial charge in [0.05, 0.1) is 12.3 Å². The third kappa shape index (κ3) is 3.54. The maximum atomic E-state index is 6.10. The average molecular weight is 292 g/mol. The molecule has 3 N–H and O–H groups in total. The van der Waals surface area contributed by atoms with Gasteiger partial charge >= 0.3 is 0 Å². The maximum absolute atomic E-state index is 6.10. The van der Waals surface area contributed by atoms with Gasteiger partial charge in [-0.1, -0.05) is 24.6 Å². The van der Waals surface area contributed by atoms with Gasteiger partial charge in [-0.3, -0.25) is 0 Å². The molecule has 0 radical (unpaired) electrons. The van der Waals surface area contributed by atoms with Crippen molar-refractivity contribution >= 4 is 28.8 Å². The second-order valence-electron chi connectivity index (χ2n) is 4.53. The summed E-state index contributed by atoms with van der Waals surface area (Å²) in [7, 11) is 0. The van der Waals surface area contributed by atoms with Crippen molar-refractivity contribution in [2.75, 3.05) is 17.7 Å². The molecule has 4 nitrogen and oxygen atoms in total. The van der Waals surface area contributed by atoms with Crippen molar-refractivity contribution < 1.29 is 4.74 Å². The van der Waals surface area contributed by atoms with E-state index in [4.69, 9.17) is 22.1 Å². The number of nitrogens with two attached hydrogens (primary N) is 1. The lowest BCUT2D eigenvalue weighted by molar-refractivity contribution is 0.307. The summed E-state index contributed by atoms with van der Waals surface area (Å²) in [6.07, 6.45) is 0.909. The summed E-state index contributed by atoms with van der Waals surface area (Å²) in [6.45, 7) is 4.59. The standard InChI is InChI=1S/C15H18ClN3O/c1-3-8-20-15-13(17)6-7-14(19-15)18-11-5-4-10(2)12(16)9-11/h4-7,9H,3,8,17H2,1-2H3,(H,18,19). The molecule has 0 aliphatic carbocycles. The van der Waals surface area contributed by atoms with Crippen molar-refractivity contribution in [3.05, 3.63) is 40.9 Å². The summed E-state index contributed by atoms with van der Waals surface area (Å²) in [5, 5.41) is 3.90. The molecule has 106 valence electrons. The van der Waals surface area contributed by atoms with Gasteiger partial charge in [0.2, 0.25) is 5.88 Å².